The fraction of sp³-hybridized carbons (Fsp3) is 0.375. The van der Waals surface area contributed by atoms with Gasteiger partial charge in [0, 0.05) is 41.3 Å². The summed E-state index contributed by atoms with van der Waals surface area (Å²) in [7, 11) is -3.43. The number of hydrogen-bond acceptors (Lipinski definition) is 7. The van der Waals surface area contributed by atoms with E-state index in [4.69, 9.17) is 10.1 Å². The van der Waals surface area contributed by atoms with Crippen molar-refractivity contribution < 1.29 is 13.2 Å². The van der Waals surface area contributed by atoms with Crippen molar-refractivity contribution in [3.05, 3.63) is 77.3 Å². The molecule has 2 aliphatic rings. The Morgan fingerprint density at radius 1 is 1.17 bits per heavy atom. The van der Waals surface area contributed by atoms with Crippen LogP contribution in [0.2, 0.25) is 0 Å². The van der Waals surface area contributed by atoms with Crippen LogP contribution >= 0.6 is 0 Å². The van der Waals surface area contributed by atoms with Crippen molar-refractivity contribution in [3.8, 4) is 11.4 Å². The van der Waals surface area contributed by atoms with Crippen LogP contribution in [0.1, 0.15) is 59.3 Å². The number of benzene rings is 1. The maximum absolute atomic E-state index is 12.8. The smallest absolute Gasteiger partial charge is 0.251 e. The predicted octanol–water partition coefficient (Wildman–Crippen LogP) is 4.84. The van der Waals surface area contributed by atoms with Crippen molar-refractivity contribution in [1.82, 2.24) is 30.4 Å². The van der Waals surface area contributed by atoms with Crippen LogP contribution in [-0.2, 0) is 16.4 Å². The number of pyridine rings is 2. The first kappa shape index (κ1) is 28.2. The number of nitrogens with zero attached hydrogens (tertiary/aromatic N) is 4. The number of aryl methyl sites for hydroxylation is 2. The summed E-state index contributed by atoms with van der Waals surface area (Å²) in [5, 5.41) is 12.2. The summed E-state index contributed by atoms with van der Waals surface area (Å²) in [5.74, 6) is 0.364. The summed E-state index contributed by atoms with van der Waals surface area (Å²) in [4.78, 5) is 22.3. The lowest BCUT2D eigenvalue weighted by Gasteiger charge is -2.29. The molecular weight excluding hydrogens is 548 g/mol. The van der Waals surface area contributed by atoms with Crippen LogP contribution in [-0.4, -0.2) is 52.4 Å². The number of hydrogen-bond donors (Lipinski definition) is 2. The molecule has 1 saturated carbocycles. The normalized spacial score (nSPS) is 18.1. The van der Waals surface area contributed by atoms with E-state index in [9.17, 15) is 13.2 Å². The molecule has 0 bridgehead atoms. The lowest BCUT2D eigenvalue weighted by molar-refractivity contribution is 0.0950. The van der Waals surface area contributed by atoms with Gasteiger partial charge in [0.25, 0.3) is 5.91 Å². The molecule has 6 rings (SSSR count). The Balaban J connectivity index is 1.13. The molecule has 1 aliphatic heterocycles. The lowest BCUT2D eigenvalue weighted by Crippen LogP contribution is -2.39. The second kappa shape index (κ2) is 11.1. The molecule has 218 valence electrons. The van der Waals surface area contributed by atoms with Gasteiger partial charge in [0.1, 0.15) is 5.69 Å². The molecule has 1 unspecified atom stereocenters. The molecule has 42 heavy (non-hydrogen) atoms. The van der Waals surface area contributed by atoms with Crippen LogP contribution < -0.4 is 10.6 Å². The number of carbonyl (C=O) groups is 1. The molecule has 1 atom stereocenters. The van der Waals surface area contributed by atoms with Crippen LogP contribution in [0.15, 0.2) is 59.8 Å². The Kier molecular flexibility index (Phi) is 7.44. The highest BCUT2D eigenvalue weighted by Crippen LogP contribution is 2.44. The molecule has 1 spiro atoms. The molecule has 2 N–H and O–H groups in total. The minimum Gasteiger partial charge on any atom is -0.346 e. The van der Waals surface area contributed by atoms with Gasteiger partial charge in [0.15, 0.2) is 9.84 Å². The number of aromatic nitrogens is 4. The molecule has 4 aromatic rings. The van der Waals surface area contributed by atoms with Gasteiger partial charge in [-0.25, -0.2) is 18.1 Å². The van der Waals surface area contributed by atoms with Gasteiger partial charge in [-0.05, 0) is 99.9 Å². The average molecular weight is 585 g/mol. The Bertz CT molecular complexity index is 1810. The van der Waals surface area contributed by atoms with Gasteiger partial charge in [-0.3, -0.25) is 9.78 Å². The molecule has 0 radical (unpaired) electrons. The number of fused-ring (bicyclic) bond motifs is 1. The maximum atomic E-state index is 12.8. The van der Waals surface area contributed by atoms with Crippen molar-refractivity contribution in [2.45, 2.75) is 62.9 Å². The van der Waals surface area contributed by atoms with E-state index in [0.717, 1.165) is 53.0 Å². The number of sulfone groups is 1. The van der Waals surface area contributed by atoms with Gasteiger partial charge in [-0.2, -0.15) is 5.10 Å². The van der Waals surface area contributed by atoms with E-state index in [1.54, 1.807) is 25.3 Å². The monoisotopic (exact) mass is 584 g/mol. The van der Waals surface area contributed by atoms with E-state index < -0.39 is 9.84 Å². The standard InChI is InChI=1S/C32H36N6O3S/c1-21-6-7-24(15-29(21)42(3,40)41)31(39)34-19-26-16-28-25(18-33-26)8-9-27(36-28)30-22(2)20-38(37-30)14-4-5-23-10-13-35-32(17-23)11-12-32/h4,6-9,14-16,18,20,23,35H,5,10-13,17,19H2,1-3H3,(H,34,39)/b14-4+. The average Bonchev–Trinajstić information content (AvgIpc) is 3.59. The number of amides is 1. The van der Waals surface area contributed by atoms with Crippen molar-refractivity contribution in [1.29, 1.82) is 0 Å². The largest absolute Gasteiger partial charge is 0.346 e. The van der Waals surface area contributed by atoms with Crippen molar-refractivity contribution in [2.24, 2.45) is 5.92 Å². The SMILES string of the molecule is Cc1ccc(C(=O)NCc2cc3nc(-c4nn(/C=C/CC5CCNC6(CC6)C5)cc4C)ccc3cn2)cc1S(C)(=O)=O. The molecule has 2 fully saturated rings. The zero-order valence-electron chi connectivity index (χ0n) is 24.2. The zero-order chi connectivity index (χ0) is 29.5. The van der Waals surface area contributed by atoms with E-state index in [1.165, 1.54) is 31.7 Å². The Morgan fingerprint density at radius 3 is 2.79 bits per heavy atom. The predicted molar refractivity (Wildman–Crippen MR) is 164 cm³/mol. The maximum Gasteiger partial charge on any atom is 0.251 e. The van der Waals surface area contributed by atoms with Crippen LogP contribution in [0, 0.1) is 19.8 Å². The highest BCUT2D eigenvalue weighted by atomic mass is 32.2. The van der Waals surface area contributed by atoms with E-state index in [2.05, 4.69) is 27.9 Å². The number of carbonyl (C=O) groups excluding carboxylic acids is 1. The summed E-state index contributed by atoms with van der Waals surface area (Å²) < 4.78 is 26.0. The minimum absolute atomic E-state index is 0.150. The summed E-state index contributed by atoms with van der Waals surface area (Å²) in [6.07, 6.45) is 15.4. The molecule has 1 amide bonds. The van der Waals surface area contributed by atoms with Crippen molar-refractivity contribution in [3.63, 3.8) is 0 Å². The number of rotatable bonds is 8. The molecule has 9 nitrogen and oxygen atoms in total. The highest BCUT2D eigenvalue weighted by Gasteiger charge is 2.45. The number of piperidine rings is 1. The third kappa shape index (κ3) is 6.15. The molecule has 4 heterocycles. The molecule has 1 saturated heterocycles. The van der Waals surface area contributed by atoms with E-state index in [1.807, 2.05) is 36.0 Å². The molecule has 3 aromatic heterocycles. The zero-order valence-corrected chi connectivity index (χ0v) is 25.0. The summed E-state index contributed by atoms with van der Waals surface area (Å²) in [5.41, 5.74) is 5.37. The highest BCUT2D eigenvalue weighted by molar-refractivity contribution is 7.90. The Hall–Kier alpha value is -3.89. The second-order valence-electron chi connectivity index (χ2n) is 11.8. The lowest BCUT2D eigenvalue weighted by atomic mass is 9.88. The van der Waals surface area contributed by atoms with Gasteiger partial charge < -0.3 is 10.6 Å². The molecular formula is C32H36N6O3S. The van der Waals surface area contributed by atoms with Crippen LogP contribution in [0.3, 0.4) is 0 Å². The molecule has 1 aromatic carbocycles. The first-order valence-electron chi connectivity index (χ1n) is 14.4. The molecule has 1 aliphatic carbocycles. The summed E-state index contributed by atoms with van der Waals surface area (Å²) in [6.45, 7) is 5.05. The van der Waals surface area contributed by atoms with E-state index in [-0.39, 0.29) is 22.9 Å². The Morgan fingerprint density at radius 2 is 2.00 bits per heavy atom. The Labute approximate surface area is 246 Å². The van der Waals surface area contributed by atoms with Crippen LogP contribution in [0.4, 0.5) is 0 Å². The summed E-state index contributed by atoms with van der Waals surface area (Å²) >= 11 is 0. The fourth-order valence-corrected chi connectivity index (χ4v) is 6.87. The summed E-state index contributed by atoms with van der Waals surface area (Å²) in [6, 6.07) is 10.5. The van der Waals surface area contributed by atoms with Gasteiger partial charge in [0.05, 0.1) is 28.3 Å². The first-order chi connectivity index (χ1) is 20.1. The fourth-order valence-electron chi connectivity index (χ4n) is 5.88. The van der Waals surface area contributed by atoms with Crippen molar-refractivity contribution >= 4 is 32.8 Å². The third-order valence-electron chi connectivity index (χ3n) is 8.38. The van der Waals surface area contributed by atoms with Crippen LogP contribution in [0.5, 0.6) is 0 Å². The van der Waals surface area contributed by atoms with Gasteiger partial charge in [-0.15, -0.1) is 0 Å². The van der Waals surface area contributed by atoms with Gasteiger partial charge in [-0.1, -0.05) is 12.1 Å². The van der Waals surface area contributed by atoms with Crippen LogP contribution in [0.25, 0.3) is 28.5 Å². The van der Waals surface area contributed by atoms with Gasteiger partial charge >= 0.3 is 0 Å². The third-order valence-corrected chi connectivity index (χ3v) is 9.62. The first-order valence-corrected chi connectivity index (χ1v) is 16.3. The van der Waals surface area contributed by atoms with E-state index in [0.29, 0.717) is 16.8 Å². The van der Waals surface area contributed by atoms with E-state index >= 15 is 0 Å². The van der Waals surface area contributed by atoms with Gasteiger partial charge in [0.2, 0.25) is 0 Å². The number of allylic oxidation sites excluding steroid dienone is 1. The quantitative estimate of drug-likeness (QED) is 0.304. The van der Waals surface area contributed by atoms with Crippen molar-refractivity contribution in [2.75, 3.05) is 12.8 Å². The number of nitrogens with one attached hydrogen (secondary N) is 2. The second-order valence-corrected chi connectivity index (χ2v) is 13.8. The molecule has 10 heteroatoms. The minimum atomic E-state index is -3.43. The topological polar surface area (TPSA) is 119 Å².